The lowest BCUT2D eigenvalue weighted by atomic mass is 9.96. The summed E-state index contributed by atoms with van der Waals surface area (Å²) in [6.07, 6.45) is -2.96. The highest BCUT2D eigenvalue weighted by Gasteiger charge is 2.38. The molecular formula is C17H23F3N6O2. The summed E-state index contributed by atoms with van der Waals surface area (Å²) >= 11 is 0. The van der Waals surface area contributed by atoms with Crippen molar-refractivity contribution in [3.05, 3.63) is 29.2 Å². The zero-order valence-electron chi connectivity index (χ0n) is 16.0. The maximum atomic E-state index is 12.5. The van der Waals surface area contributed by atoms with Crippen LogP contribution in [0.5, 0.6) is 0 Å². The van der Waals surface area contributed by atoms with Gasteiger partial charge in [-0.2, -0.15) is 18.3 Å². The van der Waals surface area contributed by atoms with E-state index in [1.54, 1.807) is 29.7 Å². The van der Waals surface area contributed by atoms with E-state index in [-0.39, 0.29) is 18.3 Å². The number of aryl methyl sites for hydroxylation is 2. The number of carbonyl (C=O) groups is 1. The SMILES string of the molecule is Cc1cc(C(=O)N(C)CC2CCN(Cc3nnc(C(F)(F)F)o3)CC2)nn1C. The van der Waals surface area contributed by atoms with Gasteiger partial charge in [-0.05, 0) is 44.8 Å². The van der Waals surface area contributed by atoms with Gasteiger partial charge in [0.25, 0.3) is 5.91 Å². The number of piperidine rings is 1. The number of alkyl halides is 3. The fraction of sp³-hybridized carbons (Fsp3) is 0.647. The summed E-state index contributed by atoms with van der Waals surface area (Å²) in [7, 11) is 3.55. The molecule has 2 aromatic heterocycles. The summed E-state index contributed by atoms with van der Waals surface area (Å²) < 4.78 is 43.9. The van der Waals surface area contributed by atoms with Gasteiger partial charge in [0.2, 0.25) is 5.89 Å². The number of amides is 1. The summed E-state index contributed by atoms with van der Waals surface area (Å²) in [5.41, 5.74) is 1.34. The highest BCUT2D eigenvalue weighted by Crippen LogP contribution is 2.28. The van der Waals surface area contributed by atoms with Crippen molar-refractivity contribution in [2.75, 3.05) is 26.7 Å². The molecular weight excluding hydrogens is 377 g/mol. The van der Waals surface area contributed by atoms with E-state index in [4.69, 9.17) is 0 Å². The zero-order chi connectivity index (χ0) is 20.5. The van der Waals surface area contributed by atoms with Crippen molar-refractivity contribution >= 4 is 5.91 Å². The first-order chi connectivity index (χ1) is 13.1. The number of nitrogens with zero attached hydrogens (tertiary/aromatic N) is 6. The molecule has 0 N–H and O–H groups in total. The van der Waals surface area contributed by atoms with Crippen LogP contribution in [0.4, 0.5) is 13.2 Å². The molecule has 3 heterocycles. The van der Waals surface area contributed by atoms with Gasteiger partial charge < -0.3 is 9.32 Å². The molecule has 0 radical (unpaired) electrons. The summed E-state index contributed by atoms with van der Waals surface area (Å²) in [6.45, 7) is 4.08. The Morgan fingerprint density at radius 3 is 2.54 bits per heavy atom. The van der Waals surface area contributed by atoms with Crippen LogP contribution in [-0.2, 0) is 19.8 Å². The molecule has 3 rings (SSSR count). The summed E-state index contributed by atoms with van der Waals surface area (Å²) in [5.74, 6) is -1.15. The average molecular weight is 400 g/mol. The van der Waals surface area contributed by atoms with E-state index in [1.165, 1.54) is 0 Å². The van der Waals surface area contributed by atoms with Gasteiger partial charge in [0.15, 0.2) is 5.69 Å². The van der Waals surface area contributed by atoms with E-state index in [0.717, 1.165) is 18.5 Å². The first-order valence-electron chi connectivity index (χ1n) is 9.01. The van der Waals surface area contributed by atoms with Gasteiger partial charge in [-0.25, -0.2) is 0 Å². The molecule has 28 heavy (non-hydrogen) atoms. The topological polar surface area (TPSA) is 80.3 Å². The minimum absolute atomic E-state index is 0.0383. The van der Waals surface area contributed by atoms with Gasteiger partial charge in [0.1, 0.15) is 0 Å². The lowest BCUT2D eigenvalue weighted by Gasteiger charge is -2.33. The molecule has 1 amide bonds. The molecule has 1 aliphatic heterocycles. The molecule has 0 unspecified atom stereocenters. The lowest BCUT2D eigenvalue weighted by molar-refractivity contribution is -0.157. The van der Waals surface area contributed by atoms with E-state index in [2.05, 4.69) is 19.7 Å². The Balaban J connectivity index is 1.47. The highest BCUT2D eigenvalue weighted by atomic mass is 19.4. The summed E-state index contributed by atoms with van der Waals surface area (Å²) in [5, 5.41) is 10.7. The molecule has 0 aliphatic carbocycles. The first-order valence-corrected chi connectivity index (χ1v) is 9.01. The smallest absolute Gasteiger partial charge is 0.416 e. The van der Waals surface area contributed by atoms with E-state index < -0.39 is 12.1 Å². The summed E-state index contributed by atoms with van der Waals surface area (Å²) in [4.78, 5) is 16.1. The number of carbonyl (C=O) groups excluding carboxylic acids is 1. The van der Waals surface area contributed by atoms with E-state index in [9.17, 15) is 18.0 Å². The third-order valence-corrected chi connectivity index (χ3v) is 4.99. The van der Waals surface area contributed by atoms with E-state index in [1.807, 2.05) is 11.8 Å². The number of halogens is 3. The molecule has 0 aromatic carbocycles. The van der Waals surface area contributed by atoms with Gasteiger partial charge in [0.05, 0.1) is 6.54 Å². The molecule has 1 aliphatic rings. The fourth-order valence-corrected chi connectivity index (χ4v) is 3.28. The second-order valence-corrected chi connectivity index (χ2v) is 7.20. The molecule has 8 nitrogen and oxygen atoms in total. The Labute approximate surface area is 160 Å². The molecule has 1 fully saturated rings. The Hall–Kier alpha value is -2.43. The van der Waals surface area contributed by atoms with Crippen LogP contribution < -0.4 is 0 Å². The monoisotopic (exact) mass is 400 g/mol. The van der Waals surface area contributed by atoms with Crippen LogP contribution in [0.1, 0.15) is 40.8 Å². The van der Waals surface area contributed by atoms with Crippen LogP contribution in [0.2, 0.25) is 0 Å². The standard InChI is InChI=1S/C17H23F3N6O2/c1-11-8-13(23-25(11)3)15(27)24(2)9-12-4-6-26(7-5-12)10-14-21-22-16(28-14)17(18,19)20/h8,12H,4-7,9-10H2,1-3H3. The highest BCUT2D eigenvalue weighted by molar-refractivity contribution is 5.92. The number of aromatic nitrogens is 4. The summed E-state index contributed by atoms with van der Waals surface area (Å²) in [6, 6.07) is 1.76. The van der Waals surface area contributed by atoms with Crippen LogP contribution in [0.3, 0.4) is 0 Å². The lowest BCUT2D eigenvalue weighted by Crippen LogP contribution is -2.39. The second kappa shape index (κ2) is 7.90. The van der Waals surface area contributed by atoms with Gasteiger partial charge in [-0.15, -0.1) is 10.2 Å². The van der Waals surface area contributed by atoms with Crippen molar-refractivity contribution in [2.45, 2.75) is 32.5 Å². The first kappa shape index (κ1) is 20.3. The Bertz CT molecular complexity index is 804. The van der Waals surface area contributed by atoms with Gasteiger partial charge in [-0.3, -0.25) is 14.4 Å². The predicted octanol–water partition coefficient (Wildman–Crippen LogP) is 2.11. The fourth-order valence-electron chi connectivity index (χ4n) is 3.28. The van der Waals surface area contributed by atoms with Gasteiger partial charge >= 0.3 is 12.1 Å². The molecule has 154 valence electrons. The van der Waals surface area contributed by atoms with Gasteiger partial charge in [-0.1, -0.05) is 0 Å². The third kappa shape index (κ3) is 4.70. The number of hydrogen-bond acceptors (Lipinski definition) is 6. The maximum Gasteiger partial charge on any atom is 0.470 e. The second-order valence-electron chi connectivity index (χ2n) is 7.20. The van der Waals surface area contributed by atoms with Crippen molar-refractivity contribution in [3.63, 3.8) is 0 Å². The predicted molar refractivity (Wildman–Crippen MR) is 92.2 cm³/mol. The molecule has 0 saturated carbocycles. The van der Waals surface area contributed by atoms with Crippen LogP contribution >= 0.6 is 0 Å². The van der Waals surface area contributed by atoms with Crippen molar-refractivity contribution in [3.8, 4) is 0 Å². The average Bonchev–Trinajstić information content (AvgIpc) is 3.23. The van der Waals surface area contributed by atoms with E-state index in [0.29, 0.717) is 31.2 Å². The zero-order valence-corrected chi connectivity index (χ0v) is 16.0. The molecule has 0 bridgehead atoms. The van der Waals surface area contributed by atoms with Crippen LogP contribution in [0, 0.1) is 12.8 Å². The van der Waals surface area contributed by atoms with Gasteiger partial charge in [0, 0.05) is 26.3 Å². The number of likely N-dealkylation sites (tertiary alicyclic amines) is 1. The van der Waals surface area contributed by atoms with Crippen molar-refractivity contribution in [1.82, 2.24) is 29.8 Å². The number of hydrogen-bond donors (Lipinski definition) is 0. The minimum Gasteiger partial charge on any atom is -0.416 e. The van der Waals surface area contributed by atoms with E-state index >= 15 is 0 Å². The molecule has 1 saturated heterocycles. The minimum atomic E-state index is -4.62. The molecule has 11 heteroatoms. The maximum absolute atomic E-state index is 12.5. The quantitative estimate of drug-likeness (QED) is 0.765. The molecule has 0 spiro atoms. The molecule has 2 aromatic rings. The van der Waals surface area contributed by atoms with Crippen LogP contribution in [-0.4, -0.2) is 62.4 Å². The Morgan fingerprint density at radius 2 is 2.00 bits per heavy atom. The largest absolute Gasteiger partial charge is 0.470 e. The van der Waals surface area contributed by atoms with Crippen molar-refractivity contribution in [1.29, 1.82) is 0 Å². The number of rotatable bonds is 5. The Morgan fingerprint density at radius 1 is 1.32 bits per heavy atom. The van der Waals surface area contributed by atoms with Crippen molar-refractivity contribution in [2.24, 2.45) is 13.0 Å². The molecule has 0 atom stereocenters. The third-order valence-electron chi connectivity index (χ3n) is 4.99. The van der Waals surface area contributed by atoms with Crippen LogP contribution in [0.15, 0.2) is 10.5 Å². The Kier molecular flexibility index (Phi) is 5.73. The van der Waals surface area contributed by atoms with Crippen LogP contribution in [0.25, 0.3) is 0 Å². The normalized spacial score (nSPS) is 16.5. The van der Waals surface area contributed by atoms with Crippen molar-refractivity contribution < 1.29 is 22.4 Å².